The lowest BCUT2D eigenvalue weighted by molar-refractivity contribution is -0.0237. The highest BCUT2D eigenvalue weighted by Crippen LogP contribution is 2.23. The molecule has 3 heteroatoms. The summed E-state index contributed by atoms with van der Waals surface area (Å²) in [4.78, 5) is 0. The van der Waals surface area contributed by atoms with Crippen LogP contribution in [0.25, 0.3) is 0 Å². The van der Waals surface area contributed by atoms with Gasteiger partial charge in [0.15, 0.2) is 0 Å². The third kappa shape index (κ3) is 5.68. The quantitative estimate of drug-likeness (QED) is 0.724. The van der Waals surface area contributed by atoms with Crippen molar-refractivity contribution in [1.82, 2.24) is 5.32 Å². The standard InChI is InChI=1S/C15H31NO2/c1-5-11-16-13(9-10-15(2,3)17-4)14-8-6-7-12-18-14/h13-14,16H,5-12H2,1-4H3. The van der Waals surface area contributed by atoms with Crippen molar-refractivity contribution in [3.05, 3.63) is 0 Å². The van der Waals surface area contributed by atoms with Crippen LogP contribution in [0.5, 0.6) is 0 Å². The fourth-order valence-corrected chi connectivity index (χ4v) is 2.44. The van der Waals surface area contributed by atoms with Gasteiger partial charge in [0.25, 0.3) is 0 Å². The maximum absolute atomic E-state index is 5.93. The van der Waals surface area contributed by atoms with Gasteiger partial charge in [-0.15, -0.1) is 0 Å². The van der Waals surface area contributed by atoms with Crippen molar-refractivity contribution in [3.63, 3.8) is 0 Å². The fourth-order valence-electron chi connectivity index (χ4n) is 2.44. The summed E-state index contributed by atoms with van der Waals surface area (Å²) in [7, 11) is 1.80. The second kappa shape index (κ2) is 8.13. The van der Waals surface area contributed by atoms with E-state index in [1.54, 1.807) is 7.11 Å². The van der Waals surface area contributed by atoms with Crippen LogP contribution >= 0.6 is 0 Å². The van der Waals surface area contributed by atoms with Crippen LogP contribution in [-0.2, 0) is 9.47 Å². The van der Waals surface area contributed by atoms with E-state index in [4.69, 9.17) is 9.47 Å². The molecule has 0 aromatic rings. The van der Waals surface area contributed by atoms with E-state index >= 15 is 0 Å². The first-order valence-corrected chi connectivity index (χ1v) is 7.49. The minimum Gasteiger partial charge on any atom is -0.379 e. The van der Waals surface area contributed by atoms with Gasteiger partial charge < -0.3 is 14.8 Å². The van der Waals surface area contributed by atoms with Crippen molar-refractivity contribution in [2.45, 2.75) is 77.0 Å². The van der Waals surface area contributed by atoms with Crippen LogP contribution in [0.2, 0.25) is 0 Å². The van der Waals surface area contributed by atoms with Gasteiger partial charge in [-0.05, 0) is 58.9 Å². The van der Waals surface area contributed by atoms with Crippen LogP contribution in [0.1, 0.15) is 59.3 Å². The molecule has 18 heavy (non-hydrogen) atoms. The molecule has 1 heterocycles. The minimum absolute atomic E-state index is 0.0270. The molecule has 1 aliphatic rings. The molecular formula is C15H31NO2. The molecule has 0 radical (unpaired) electrons. The molecule has 0 saturated carbocycles. The second-order valence-corrected chi connectivity index (χ2v) is 5.97. The maximum atomic E-state index is 5.93. The summed E-state index contributed by atoms with van der Waals surface area (Å²) in [6.45, 7) is 8.54. The summed E-state index contributed by atoms with van der Waals surface area (Å²) in [6, 6.07) is 0.486. The number of nitrogens with one attached hydrogen (secondary N) is 1. The lowest BCUT2D eigenvalue weighted by Crippen LogP contribution is -2.44. The first-order valence-electron chi connectivity index (χ1n) is 7.49. The second-order valence-electron chi connectivity index (χ2n) is 5.97. The van der Waals surface area contributed by atoms with Gasteiger partial charge in [-0.3, -0.25) is 0 Å². The zero-order chi connectivity index (χ0) is 13.4. The van der Waals surface area contributed by atoms with Crippen LogP contribution in [0.15, 0.2) is 0 Å². The molecule has 0 spiro atoms. The fraction of sp³-hybridized carbons (Fsp3) is 1.00. The predicted molar refractivity (Wildman–Crippen MR) is 76.0 cm³/mol. The monoisotopic (exact) mass is 257 g/mol. The van der Waals surface area contributed by atoms with Gasteiger partial charge in [-0.1, -0.05) is 6.92 Å². The van der Waals surface area contributed by atoms with Crippen molar-refractivity contribution in [1.29, 1.82) is 0 Å². The number of ether oxygens (including phenoxy) is 2. The normalized spacial score (nSPS) is 23.0. The molecule has 1 rings (SSSR count). The number of hydrogen-bond donors (Lipinski definition) is 1. The summed E-state index contributed by atoms with van der Waals surface area (Å²) in [6.07, 6.45) is 7.52. The molecule has 0 amide bonds. The maximum Gasteiger partial charge on any atom is 0.0728 e. The summed E-state index contributed by atoms with van der Waals surface area (Å²) >= 11 is 0. The van der Waals surface area contributed by atoms with E-state index in [9.17, 15) is 0 Å². The average molecular weight is 257 g/mol. The van der Waals surface area contributed by atoms with Gasteiger partial charge in [0.2, 0.25) is 0 Å². The molecule has 0 bridgehead atoms. The Morgan fingerprint density at radius 1 is 1.39 bits per heavy atom. The number of methoxy groups -OCH3 is 1. The number of rotatable bonds is 8. The summed E-state index contributed by atoms with van der Waals surface area (Å²) < 4.78 is 11.4. The van der Waals surface area contributed by atoms with E-state index in [2.05, 4.69) is 26.1 Å². The van der Waals surface area contributed by atoms with Crippen LogP contribution in [0.3, 0.4) is 0 Å². The molecule has 2 atom stereocenters. The molecule has 0 aliphatic carbocycles. The van der Waals surface area contributed by atoms with Crippen LogP contribution in [-0.4, -0.2) is 38.0 Å². The Hall–Kier alpha value is -0.120. The predicted octanol–water partition coefficient (Wildman–Crippen LogP) is 3.13. The molecule has 108 valence electrons. The molecule has 1 N–H and O–H groups in total. The Morgan fingerprint density at radius 2 is 2.17 bits per heavy atom. The lowest BCUT2D eigenvalue weighted by atomic mass is 9.93. The topological polar surface area (TPSA) is 30.5 Å². The van der Waals surface area contributed by atoms with E-state index in [1.165, 1.54) is 25.7 Å². The molecule has 1 aliphatic heterocycles. The molecule has 0 aromatic carbocycles. The minimum atomic E-state index is -0.0270. The van der Waals surface area contributed by atoms with E-state index in [-0.39, 0.29) is 5.60 Å². The molecule has 1 fully saturated rings. The van der Waals surface area contributed by atoms with E-state index in [1.807, 2.05) is 0 Å². The molecule has 0 aromatic heterocycles. The van der Waals surface area contributed by atoms with Crippen molar-refractivity contribution in [2.75, 3.05) is 20.3 Å². The smallest absolute Gasteiger partial charge is 0.0728 e. The van der Waals surface area contributed by atoms with Crippen molar-refractivity contribution in [3.8, 4) is 0 Å². The van der Waals surface area contributed by atoms with Gasteiger partial charge in [0.1, 0.15) is 0 Å². The molecule has 2 unspecified atom stereocenters. The highest BCUT2D eigenvalue weighted by molar-refractivity contribution is 4.82. The molecule has 1 saturated heterocycles. The Bertz CT molecular complexity index is 213. The van der Waals surface area contributed by atoms with Crippen LogP contribution in [0, 0.1) is 0 Å². The Kier molecular flexibility index (Phi) is 7.20. The Balaban J connectivity index is 2.43. The highest BCUT2D eigenvalue weighted by atomic mass is 16.5. The zero-order valence-electron chi connectivity index (χ0n) is 12.6. The van der Waals surface area contributed by atoms with Gasteiger partial charge in [0, 0.05) is 19.8 Å². The van der Waals surface area contributed by atoms with E-state index in [0.29, 0.717) is 12.1 Å². The molecule has 3 nitrogen and oxygen atoms in total. The summed E-state index contributed by atoms with van der Waals surface area (Å²) in [5.41, 5.74) is -0.0270. The van der Waals surface area contributed by atoms with Gasteiger partial charge in [0.05, 0.1) is 11.7 Å². The van der Waals surface area contributed by atoms with Crippen molar-refractivity contribution in [2.24, 2.45) is 0 Å². The average Bonchev–Trinajstić information content (AvgIpc) is 2.40. The van der Waals surface area contributed by atoms with E-state index < -0.39 is 0 Å². The van der Waals surface area contributed by atoms with Crippen LogP contribution in [0.4, 0.5) is 0 Å². The highest BCUT2D eigenvalue weighted by Gasteiger charge is 2.26. The third-order valence-corrected chi connectivity index (χ3v) is 3.93. The summed E-state index contributed by atoms with van der Waals surface area (Å²) in [5, 5.41) is 3.66. The van der Waals surface area contributed by atoms with Crippen molar-refractivity contribution >= 4 is 0 Å². The Morgan fingerprint density at radius 3 is 2.72 bits per heavy atom. The van der Waals surface area contributed by atoms with Gasteiger partial charge in [-0.2, -0.15) is 0 Å². The third-order valence-electron chi connectivity index (χ3n) is 3.93. The summed E-state index contributed by atoms with van der Waals surface area (Å²) in [5.74, 6) is 0. The largest absolute Gasteiger partial charge is 0.379 e. The van der Waals surface area contributed by atoms with Gasteiger partial charge >= 0.3 is 0 Å². The Labute approximate surface area is 113 Å². The first-order chi connectivity index (χ1) is 8.59. The molecular weight excluding hydrogens is 226 g/mol. The SMILES string of the molecule is CCCNC(CCC(C)(C)OC)C1CCCCO1. The van der Waals surface area contributed by atoms with Crippen LogP contribution < -0.4 is 5.32 Å². The number of hydrogen-bond acceptors (Lipinski definition) is 3. The first kappa shape index (κ1) is 15.9. The van der Waals surface area contributed by atoms with Crippen molar-refractivity contribution < 1.29 is 9.47 Å². The van der Waals surface area contributed by atoms with Gasteiger partial charge in [-0.25, -0.2) is 0 Å². The lowest BCUT2D eigenvalue weighted by Gasteiger charge is -2.33. The zero-order valence-corrected chi connectivity index (χ0v) is 12.6. The van der Waals surface area contributed by atoms with E-state index in [0.717, 1.165) is 26.0 Å².